The molecular formula is C13H26N2. The highest BCUT2D eigenvalue weighted by molar-refractivity contribution is 4.85. The van der Waals surface area contributed by atoms with E-state index in [1.807, 2.05) is 0 Å². The zero-order valence-electron chi connectivity index (χ0n) is 10.1. The van der Waals surface area contributed by atoms with E-state index in [-0.39, 0.29) is 0 Å². The van der Waals surface area contributed by atoms with Crippen molar-refractivity contribution in [2.45, 2.75) is 64.0 Å². The van der Waals surface area contributed by atoms with Crippen LogP contribution in [-0.2, 0) is 0 Å². The molecular weight excluding hydrogens is 184 g/mol. The fourth-order valence-corrected chi connectivity index (χ4v) is 2.87. The van der Waals surface area contributed by atoms with E-state index in [2.05, 4.69) is 11.8 Å². The van der Waals surface area contributed by atoms with E-state index in [4.69, 9.17) is 5.73 Å². The lowest BCUT2D eigenvalue weighted by Gasteiger charge is -2.36. The van der Waals surface area contributed by atoms with Crippen LogP contribution in [0.5, 0.6) is 0 Å². The van der Waals surface area contributed by atoms with Crippen LogP contribution in [0.3, 0.4) is 0 Å². The zero-order valence-corrected chi connectivity index (χ0v) is 10.1. The molecule has 2 saturated carbocycles. The normalized spacial score (nSPS) is 32.2. The lowest BCUT2D eigenvalue weighted by molar-refractivity contribution is 0.141. The second-order valence-corrected chi connectivity index (χ2v) is 5.52. The van der Waals surface area contributed by atoms with E-state index in [0.29, 0.717) is 6.04 Å². The molecule has 0 aromatic rings. The van der Waals surface area contributed by atoms with E-state index < -0.39 is 0 Å². The third-order valence-corrected chi connectivity index (χ3v) is 3.90. The van der Waals surface area contributed by atoms with Crippen molar-refractivity contribution < 1.29 is 0 Å². The molecule has 0 spiro atoms. The summed E-state index contributed by atoms with van der Waals surface area (Å²) in [5, 5.41) is 0. The average molecular weight is 210 g/mol. The Morgan fingerprint density at radius 3 is 2.60 bits per heavy atom. The fraction of sp³-hybridized carbons (Fsp3) is 1.00. The summed E-state index contributed by atoms with van der Waals surface area (Å²) in [7, 11) is 0. The standard InChI is InChI=1S/C13H26N2/c1-2-8-15(10-11-6-7-11)13-5-3-4-12(14)9-13/h11-13H,2-10,14H2,1H3. The predicted octanol–water partition coefficient (Wildman–Crippen LogP) is 2.38. The van der Waals surface area contributed by atoms with Gasteiger partial charge in [-0.15, -0.1) is 0 Å². The van der Waals surface area contributed by atoms with Crippen LogP contribution in [0.2, 0.25) is 0 Å². The molecule has 2 unspecified atom stereocenters. The highest BCUT2D eigenvalue weighted by Gasteiger charge is 2.29. The van der Waals surface area contributed by atoms with E-state index in [9.17, 15) is 0 Å². The molecule has 2 heteroatoms. The third kappa shape index (κ3) is 3.46. The molecule has 0 saturated heterocycles. The zero-order chi connectivity index (χ0) is 10.7. The van der Waals surface area contributed by atoms with Gasteiger partial charge in [-0.3, -0.25) is 0 Å². The van der Waals surface area contributed by atoms with Crippen molar-refractivity contribution in [3.63, 3.8) is 0 Å². The Hall–Kier alpha value is -0.0800. The molecule has 2 aliphatic carbocycles. The second kappa shape index (κ2) is 5.31. The number of nitrogens with zero attached hydrogens (tertiary/aromatic N) is 1. The van der Waals surface area contributed by atoms with Crippen LogP contribution in [-0.4, -0.2) is 30.1 Å². The van der Waals surface area contributed by atoms with Crippen LogP contribution >= 0.6 is 0 Å². The Morgan fingerprint density at radius 2 is 2.00 bits per heavy atom. The van der Waals surface area contributed by atoms with E-state index in [1.54, 1.807) is 0 Å². The highest BCUT2D eigenvalue weighted by Crippen LogP contribution is 2.32. The minimum Gasteiger partial charge on any atom is -0.328 e. The number of hydrogen-bond donors (Lipinski definition) is 1. The lowest BCUT2D eigenvalue weighted by Crippen LogP contribution is -2.43. The van der Waals surface area contributed by atoms with Crippen molar-refractivity contribution in [3.05, 3.63) is 0 Å². The van der Waals surface area contributed by atoms with Gasteiger partial charge >= 0.3 is 0 Å². The van der Waals surface area contributed by atoms with Crippen LogP contribution in [0.15, 0.2) is 0 Å². The number of rotatable bonds is 5. The van der Waals surface area contributed by atoms with Crippen molar-refractivity contribution in [3.8, 4) is 0 Å². The maximum absolute atomic E-state index is 6.08. The molecule has 0 bridgehead atoms. The molecule has 2 aliphatic rings. The van der Waals surface area contributed by atoms with Gasteiger partial charge in [0.25, 0.3) is 0 Å². The van der Waals surface area contributed by atoms with Crippen LogP contribution < -0.4 is 5.73 Å². The van der Waals surface area contributed by atoms with Gasteiger partial charge in [0.2, 0.25) is 0 Å². The van der Waals surface area contributed by atoms with Gasteiger partial charge < -0.3 is 10.6 Å². The number of hydrogen-bond acceptors (Lipinski definition) is 2. The first kappa shape index (κ1) is 11.4. The molecule has 2 atom stereocenters. The van der Waals surface area contributed by atoms with Gasteiger partial charge in [0, 0.05) is 18.6 Å². The first-order valence-corrected chi connectivity index (χ1v) is 6.79. The summed E-state index contributed by atoms with van der Waals surface area (Å²) in [5.74, 6) is 1.02. The smallest absolute Gasteiger partial charge is 0.0110 e. The van der Waals surface area contributed by atoms with E-state index in [0.717, 1.165) is 12.0 Å². The number of nitrogens with two attached hydrogens (primary N) is 1. The van der Waals surface area contributed by atoms with Crippen LogP contribution in [0.25, 0.3) is 0 Å². The Balaban J connectivity index is 1.83. The second-order valence-electron chi connectivity index (χ2n) is 5.52. The Morgan fingerprint density at radius 1 is 1.20 bits per heavy atom. The largest absolute Gasteiger partial charge is 0.328 e. The van der Waals surface area contributed by atoms with Crippen molar-refractivity contribution in [2.75, 3.05) is 13.1 Å². The third-order valence-electron chi connectivity index (χ3n) is 3.90. The van der Waals surface area contributed by atoms with Crippen molar-refractivity contribution in [1.29, 1.82) is 0 Å². The minimum atomic E-state index is 0.474. The van der Waals surface area contributed by atoms with Gasteiger partial charge in [-0.25, -0.2) is 0 Å². The van der Waals surface area contributed by atoms with E-state index in [1.165, 1.54) is 58.0 Å². The quantitative estimate of drug-likeness (QED) is 0.755. The molecule has 2 N–H and O–H groups in total. The predicted molar refractivity (Wildman–Crippen MR) is 64.8 cm³/mol. The first-order valence-electron chi connectivity index (χ1n) is 6.79. The molecule has 88 valence electrons. The molecule has 0 heterocycles. The topological polar surface area (TPSA) is 29.3 Å². The summed E-state index contributed by atoms with van der Waals surface area (Å²) < 4.78 is 0. The molecule has 0 aliphatic heterocycles. The summed E-state index contributed by atoms with van der Waals surface area (Å²) in [6.07, 6.45) is 9.46. The molecule has 2 fully saturated rings. The minimum absolute atomic E-state index is 0.474. The first-order chi connectivity index (χ1) is 7.29. The monoisotopic (exact) mass is 210 g/mol. The van der Waals surface area contributed by atoms with Gasteiger partial charge in [-0.1, -0.05) is 13.3 Å². The summed E-state index contributed by atoms with van der Waals surface area (Å²) >= 11 is 0. The summed E-state index contributed by atoms with van der Waals surface area (Å²) in [5.41, 5.74) is 6.08. The van der Waals surface area contributed by atoms with Crippen molar-refractivity contribution >= 4 is 0 Å². The molecule has 0 radical (unpaired) electrons. The molecule has 0 aromatic carbocycles. The molecule has 0 aromatic heterocycles. The average Bonchev–Trinajstić information content (AvgIpc) is 3.01. The Kier molecular flexibility index (Phi) is 4.04. The van der Waals surface area contributed by atoms with Gasteiger partial charge in [-0.2, -0.15) is 0 Å². The lowest BCUT2D eigenvalue weighted by atomic mass is 9.90. The summed E-state index contributed by atoms with van der Waals surface area (Å²) in [4.78, 5) is 2.73. The van der Waals surface area contributed by atoms with Gasteiger partial charge in [0.05, 0.1) is 0 Å². The van der Waals surface area contributed by atoms with Gasteiger partial charge in [-0.05, 0) is 51.0 Å². The maximum atomic E-state index is 6.08. The summed E-state index contributed by atoms with van der Waals surface area (Å²) in [6.45, 7) is 4.93. The maximum Gasteiger partial charge on any atom is 0.0110 e. The fourth-order valence-electron chi connectivity index (χ4n) is 2.87. The van der Waals surface area contributed by atoms with E-state index >= 15 is 0 Å². The SMILES string of the molecule is CCCN(CC1CC1)C1CCCC(N)C1. The highest BCUT2D eigenvalue weighted by atomic mass is 15.2. The van der Waals surface area contributed by atoms with Crippen LogP contribution in [0.4, 0.5) is 0 Å². The molecule has 2 nitrogen and oxygen atoms in total. The molecule has 2 rings (SSSR count). The van der Waals surface area contributed by atoms with Crippen molar-refractivity contribution in [1.82, 2.24) is 4.90 Å². The van der Waals surface area contributed by atoms with Crippen molar-refractivity contribution in [2.24, 2.45) is 11.7 Å². The molecule has 0 amide bonds. The van der Waals surface area contributed by atoms with Crippen LogP contribution in [0, 0.1) is 5.92 Å². The van der Waals surface area contributed by atoms with Crippen LogP contribution in [0.1, 0.15) is 51.9 Å². The Labute approximate surface area is 94.2 Å². The molecule has 15 heavy (non-hydrogen) atoms. The van der Waals surface area contributed by atoms with Gasteiger partial charge in [0.15, 0.2) is 0 Å². The summed E-state index contributed by atoms with van der Waals surface area (Å²) in [6, 6.07) is 1.27. The van der Waals surface area contributed by atoms with Gasteiger partial charge in [0.1, 0.15) is 0 Å². The Bertz CT molecular complexity index is 189.